The van der Waals surface area contributed by atoms with Gasteiger partial charge in [-0.3, -0.25) is 9.78 Å². The Morgan fingerprint density at radius 3 is 2.84 bits per heavy atom. The van der Waals surface area contributed by atoms with Gasteiger partial charge in [0.05, 0.1) is 18.7 Å². The number of hydrogen-bond donors (Lipinski definition) is 1. The Labute approximate surface area is 146 Å². The first-order valence-electron chi connectivity index (χ1n) is 8.29. The number of aromatic nitrogens is 3. The van der Waals surface area contributed by atoms with E-state index in [4.69, 9.17) is 15.2 Å². The molecule has 8 heteroatoms. The molecule has 8 nitrogen and oxygen atoms in total. The van der Waals surface area contributed by atoms with Crippen LogP contribution in [-0.4, -0.2) is 40.6 Å². The summed E-state index contributed by atoms with van der Waals surface area (Å²) in [6.07, 6.45) is 6.10. The van der Waals surface area contributed by atoms with Gasteiger partial charge in [-0.05, 0) is 31.9 Å². The molecule has 25 heavy (non-hydrogen) atoms. The van der Waals surface area contributed by atoms with Crippen molar-refractivity contribution in [2.75, 3.05) is 30.3 Å². The molecule has 1 saturated heterocycles. The van der Waals surface area contributed by atoms with Crippen molar-refractivity contribution in [1.82, 2.24) is 15.0 Å². The number of carbonyl (C=O) groups excluding carboxylic acids is 1. The standard InChI is InChI=1S/C17H21N5O3/c1-2-24-17(23)12-5-8-22(9-6-12)15-14(18)16(21-11-20-15)25-13-4-3-7-19-10-13/h3-4,7,10-12H,2,5-6,8-9,18H2,1H3. The van der Waals surface area contributed by atoms with Crippen LogP contribution in [0.2, 0.25) is 0 Å². The maximum atomic E-state index is 11.8. The molecule has 1 aliphatic rings. The van der Waals surface area contributed by atoms with Crippen LogP contribution in [0.25, 0.3) is 0 Å². The number of pyridine rings is 1. The van der Waals surface area contributed by atoms with Gasteiger partial charge in [0.25, 0.3) is 0 Å². The SMILES string of the molecule is CCOC(=O)C1CCN(c2ncnc(Oc3cccnc3)c2N)CC1. The van der Waals surface area contributed by atoms with Crippen molar-refractivity contribution in [3.63, 3.8) is 0 Å². The molecule has 2 N–H and O–H groups in total. The average molecular weight is 343 g/mol. The summed E-state index contributed by atoms with van der Waals surface area (Å²) < 4.78 is 10.8. The predicted molar refractivity (Wildman–Crippen MR) is 92.3 cm³/mol. The van der Waals surface area contributed by atoms with Gasteiger partial charge in [0.15, 0.2) is 5.82 Å². The van der Waals surface area contributed by atoms with Crippen LogP contribution < -0.4 is 15.4 Å². The molecule has 0 unspecified atom stereocenters. The molecular formula is C17H21N5O3. The van der Waals surface area contributed by atoms with Gasteiger partial charge in [-0.2, -0.15) is 4.98 Å². The van der Waals surface area contributed by atoms with Crippen molar-refractivity contribution in [1.29, 1.82) is 0 Å². The highest BCUT2D eigenvalue weighted by molar-refractivity contribution is 5.73. The Hall–Kier alpha value is -2.90. The predicted octanol–water partition coefficient (Wildman–Crippen LogP) is 2.03. The van der Waals surface area contributed by atoms with E-state index < -0.39 is 0 Å². The third-order valence-electron chi connectivity index (χ3n) is 4.09. The highest BCUT2D eigenvalue weighted by atomic mass is 16.5. The lowest BCUT2D eigenvalue weighted by Crippen LogP contribution is -2.37. The second-order valence-electron chi connectivity index (χ2n) is 5.72. The minimum Gasteiger partial charge on any atom is -0.466 e. The second-order valence-corrected chi connectivity index (χ2v) is 5.72. The minimum atomic E-state index is -0.126. The summed E-state index contributed by atoms with van der Waals surface area (Å²) in [7, 11) is 0. The number of piperidine rings is 1. The highest BCUT2D eigenvalue weighted by Crippen LogP contribution is 2.33. The van der Waals surface area contributed by atoms with Crippen LogP contribution in [0, 0.1) is 5.92 Å². The maximum Gasteiger partial charge on any atom is 0.309 e. The number of rotatable bonds is 5. The lowest BCUT2D eigenvalue weighted by Gasteiger charge is -2.32. The first kappa shape index (κ1) is 16.9. The average Bonchev–Trinajstić information content (AvgIpc) is 2.65. The third-order valence-corrected chi connectivity index (χ3v) is 4.09. The molecule has 3 rings (SSSR count). The van der Waals surface area contributed by atoms with Crippen molar-refractivity contribution >= 4 is 17.5 Å². The van der Waals surface area contributed by atoms with Crippen LogP contribution in [0.5, 0.6) is 11.6 Å². The number of esters is 1. The topological polar surface area (TPSA) is 103 Å². The van der Waals surface area contributed by atoms with Crippen molar-refractivity contribution in [3.05, 3.63) is 30.9 Å². The van der Waals surface area contributed by atoms with E-state index in [2.05, 4.69) is 15.0 Å². The Balaban J connectivity index is 1.69. The smallest absolute Gasteiger partial charge is 0.309 e. The monoisotopic (exact) mass is 343 g/mol. The van der Waals surface area contributed by atoms with Crippen molar-refractivity contribution < 1.29 is 14.3 Å². The van der Waals surface area contributed by atoms with E-state index in [1.54, 1.807) is 24.5 Å². The molecule has 132 valence electrons. The van der Waals surface area contributed by atoms with Crippen LogP contribution in [0.15, 0.2) is 30.9 Å². The van der Waals surface area contributed by atoms with Crippen LogP contribution in [0.3, 0.4) is 0 Å². The van der Waals surface area contributed by atoms with Gasteiger partial charge < -0.3 is 20.1 Å². The molecule has 0 aromatic carbocycles. The molecule has 0 saturated carbocycles. The largest absolute Gasteiger partial charge is 0.466 e. The maximum absolute atomic E-state index is 11.8. The van der Waals surface area contributed by atoms with Gasteiger partial charge in [0.2, 0.25) is 5.88 Å². The summed E-state index contributed by atoms with van der Waals surface area (Å²) in [5.41, 5.74) is 6.58. The summed E-state index contributed by atoms with van der Waals surface area (Å²) in [5, 5.41) is 0. The first-order valence-corrected chi connectivity index (χ1v) is 8.29. The van der Waals surface area contributed by atoms with E-state index in [0.29, 0.717) is 55.7 Å². The van der Waals surface area contributed by atoms with Gasteiger partial charge >= 0.3 is 5.97 Å². The fraction of sp³-hybridized carbons (Fsp3) is 0.412. The zero-order valence-corrected chi connectivity index (χ0v) is 14.1. The summed E-state index contributed by atoms with van der Waals surface area (Å²) in [4.78, 5) is 26.3. The Morgan fingerprint density at radius 2 is 2.16 bits per heavy atom. The fourth-order valence-electron chi connectivity index (χ4n) is 2.81. The second kappa shape index (κ2) is 7.78. The van der Waals surface area contributed by atoms with Crippen LogP contribution in [0.1, 0.15) is 19.8 Å². The number of carbonyl (C=O) groups is 1. The molecule has 0 amide bonds. The van der Waals surface area contributed by atoms with Gasteiger partial charge in [0.1, 0.15) is 17.8 Å². The van der Waals surface area contributed by atoms with E-state index in [1.807, 2.05) is 11.8 Å². The zero-order chi connectivity index (χ0) is 17.6. The lowest BCUT2D eigenvalue weighted by atomic mass is 9.97. The molecule has 0 atom stereocenters. The van der Waals surface area contributed by atoms with Crippen molar-refractivity contribution in [3.8, 4) is 11.6 Å². The number of nitrogen functional groups attached to an aromatic ring is 1. The Morgan fingerprint density at radius 1 is 1.36 bits per heavy atom. The van der Waals surface area contributed by atoms with Crippen molar-refractivity contribution in [2.24, 2.45) is 5.92 Å². The van der Waals surface area contributed by atoms with Crippen LogP contribution in [-0.2, 0) is 9.53 Å². The summed E-state index contributed by atoms with van der Waals surface area (Å²) in [6.45, 7) is 3.58. The summed E-state index contributed by atoms with van der Waals surface area (Å²) >= 11 is 0. The molecule has 0 radical (unpaired) electrons. The third kappa shape index (κ3) is 3.96. The molecule has 3 heterocycles. The van der Waals surface area contributed by atoms with Gasteiger partial charge in [0, 0.05) is 19.3 Å². The zero-order valence-electron chi connectivity index (χ0n) is 14.1. The van der Waals surface area contributed by atoms with Gasteiger partial charge in [-0.15, -0.1) is 0 Å². The van der Waals surface area contributed by atoms with Gasteiger partial charge in [-0.25, -0.2) is 4.98 Å². The molecule has 1 aliphatic heterocycles. The normalized spacial score (nSPS) is 15.0. The fourth-order valence-corrected chi connectivity index (χ4v) is 2.81. The minimum absolute atomic E-state index is 0.0645. The molecule has 0 spiro atoms. The Kier molecular flexibility index (Phi) is 5.27. The molecule has 2 aromatic heterocycles. The molecule has 1 fully saturated rings. The Bertz CT molecular complexity index is 717. The molecule has 0 aliphatic carbocycles. The van der Waals surface area contributed by atoms with E-state index in [9.17, 15) is 4.79 Å². The quantitative estimate of drug-likeness (QED) is 0.823. The summed E-state index contributed by atoms with van der Waals surface area (Å²) in [5.74, 6) is 1.28. The van der Waals surface area contributed by atoms with E-state index >= 15 is 0 Å². The molecule has 2 aromatic rings. The summed E-state index contributed by atoms with van der Waals surface area (Å²) in [6, 6.07) is 3.55. The number of ether oxygens (including phenoxy) is 2. The number of nitrogens with two attached hydrogens (primary N) is 1. The van der Waals surface area contributed by atoms with E-state index in [-0.39, 0.29) is 11.9 Å². The van der Waals surface area contributed by atoms with E-state index in [0.717, 1.165) is 0 Å². The van der Waals surface area contributed by atoms with Crippen LogP contribution in [0.4, 0.5) is 11.5 Å². The lowest BCUT2D eigenvalue weighted by molar-refractivity contribution is -0.148. The molecule has 0 bridgehead atoms. The van der Waals surface area contributed by atoms with Gasteiger partial charge in [-0.1, -0.05) is 0 Å². The molecular weight excluding hydrogens is 322 g/mol. The van der Waals surface area contributed by atoms with E-state index in [1.165, 1.54) is 6.33 Å². The highest BCUT2D eigenvalue weighted by Gasteiger charge is 2.28. The number of nitrogens with zero attached hydrogens (tertiary/aromatic N) is 4. The number of anilines is 2. The van der Waals surface area contributed by atoms with Crippen molar-refractivity contribution in [2.45, 2.75) is 19.8 Å². The number of hydrogen-bond acceptors (Lipinski definition) is 8. The van der Waals surface area contributed by atoms with Crippen LogP contribution >= 0.6 is 0 Å². The first-order chi connectivity index (χ1) is 12.2.